The molecule has 0 heterocycles. The number of benzene rings is 1. The molecule has 0 saturated heterocycles. The van der Waals surface area contributed by atoms with Crippen molar-refractivity contribution in [3.8, 4) is 0 Å². The van der Waals surface area contributed by atoms with Crippen molar-refractivity contribution >= 4 is 17.7 Å². The van der Waals surface area contributed by atoms with Crippen LogP contribution in [0.15, 0.2) is 24.3 Å². The molecule has 0 fully saturated rings. The SMILES string of the molecule is CCc1ccccc1NC(=O)N[C@H](CCO)C(=O)O. The van der Waals surface area contributed by atoms with Gasteiger partial charge >= 0.3 is 12.0 Å². The van der Waals surface area contributed by atoms with Crippen molar-refractivity contribution in [3.05, 3.63) is 29.8 Å². The van der Waals surface area contributed by atoms with Gasteiger partial charge in [0.25, 0.3) is 0 Å². The topological polar surface area (TPSA) is 98.7 Å². The zero-order chi connectivity index (χ0) is 14.3. The minimum absolute atomic E-state index is 0.0296. The number of hydrogen-bond acceptors (Lipinski definition) is 3. The summed E-state index contributed by atoms with van der Waals surface area (Å²) >= 11 is 0. The number of carboxylic acid groups (broad SMARTS) is 1. The lowest BCUT2D eigenvalue weighted by molar-refractivity contribution is -0.139. The number of rotatable bonds is 6. The Balaban J connectivity index is 2.66. The van der Waals surface area contributed by atoms with Gasteiger partial charge in [0.05, 0.1) is 0 Å². The van der Waals surface area contributed by atoms with Crippen molar-refractivity contribution < 1.29 is 19.8 Å². The van der Waals surface area contributed by atoms with E-state index < -0.39 is 18.0 Å². The van der Waals surface area contributed by atoms with E-state index in [1.165, 1.54) is 0 Å². The number of aryl methyl sites for hydroxylation is 1. The van der Waals surface area contributed by atoms with Crippen molar-refractivity contribution in [1.82, 2.24) is 5.32 Å². The van der Waals surface area contributed by atoms with Gasteiger partial charge in [-0.1, -0.05) is 25.1 Å². The van der Waals surface area contributed by atoms with E-state index in [2.05, 4.69) is 10.6 Å². The number of hydrogen-bond donors (Lipinski definition) is 4. The Kier molecular flexibility index (Phi) is 5.81. The smallest absolute Gasteiger partial charge is 0.326 e. The lowest BCUT2D eigenvalue weighted by Crippen LogP contribution is -2.43. The summed E-state index contributed by atoms with van der Waals surface area (Å²) in [7, 11) is 0. The molecule has 4 N–H and O–H groups in total. The lowest BCUT2D eigenvalue weighted by Gasteiger charge is -2.15. The molecule has 0 aliphatic heterocycles. The molecule has 0 aliphatic rings. The first-order valence-corrected chi connectivity index (χ1v) is 6.07. The van der Waals surface area contributed by atoms with E-state index in [9.17, 15) is 9.59 Å². The van der Waals surface area contributed by atoms with E-state index in [-0.39, 0.29) is 13.0 Å². The van der Waals surface area contributed by atoms with Crippen LogP contribution >= 0.6 is 0 Å². The quantitative estimate of drug-likeness (QED) is 0.622. The summed E-state index contributed by atoms with van der Waals surface area (Å²) in [5, 5.41) is 22.5. The number of aliphatic hydroxyl groups excluding tert-OH is 1. The van der Waals surface area contributed by atoms with Crippen molar-refractivity contribution in [2.45, 2.75) is 25.8 Å². The molecule has 6 nitrogen and oxygen atoms in total. The number of aliphatic carboxylic acids is 1. The average Bonchev–Trinajstić information content (AvgIpc) is 2.38. The first-order valence-electron chi connectivity index (χ1n) is 6.07. The third kappa shape index (κ3) is 4.59. The largest absolute Gasteiger partial charge is 0.480 e. The summed E-state index contributed by atoms with van der Waals surface area (Å²) in [6.07, 6.45) is 0.730. The molecule has 2 amide bonds. The molecular weight excluding hydrogens is 248 g/mol. The molecule has 1 rings (SSSR count). The fourth-order valence-corrected chi connectivity index (χ4v) is 1.65. The van der Waals surface area contributed by atoms with Gasteiger partial charge < -0.3 is 20.8 Å². The van der Waals surface area contributed by atoms with Gasteiger partial charge in [0, 0.05) is 18.7 Å². The highest BCUT2D eigenvalue weighted by Gasteiger charge is 2.19. The van der Waals surface area contributed by atoms with Gasteiger partial charge in [-0.2, -0.15) is 0 Å². The molecule has 0 bridgehead atoms. The molecule has 6 heteroatoms. The van der Waals surface area contributed by atoms with Gasteiger partial charge in [-0.3, -0.25) is 0 Å². The zero-order valence-corrected chi connectivity index (χ0v) is 10.7. The summed E-state index contributed by atoms with van der Waals surface area (Å²) in [5.74, 6) is -1.17. The number of anilines is 1. The number of carbonyl (C=O) groups is 2. The number of amides is 2. The van der Waals surface area contributed by atoms with Crippen molar-refractivity contribution in [2.24, 2.45) is 0 Å². The average molecular weight is 266 g/mol. The standard InChI is InChI=1S/C13H18N2O4/c1-2-9-5-3-4-6-10(9)14-13(19)15-11(7-8-16)12(17)18/h3-6,11,16H,2,7-8H2,1H3,(H,17,18)(H2,14,15,19)/t11-/m1/s1. The molecule has 0 unspecified atom stereocenters. The molecule has 0 radical (unpaired) electrons. The van der Waals surface area contributed by atoms with Gasteiger partial charge in [0.2, 0.25) is 0 Å². The fourth-order valence-electron chi connectivity index (χ4n) is 1.65. The molecule has 1 atom stereocenters. The van der Waals surface area contributed by atoms with E-state index >= 15 is 0 Å². The summed E-state index contributed by atoms with van der Waals surface area (Å²) in [6.45, 7) is 1.66. The highest BCUT2D eigenvalue weighted by Crippen LogP contribution is 2.15. The van der Waals surface area contributed by atoms with Crippen LogP contribution in [0.4, 0.5) is 10.5 Å². The Morgan fingerprint density at radius 1 is 1.32 bits per heavy atom. The number of carboxylic acids is 1. The maximum Gasteiger partial charge on any atom is 0.326 e. The summed E-state index contributed by atoms with van der Waals surface area (Å²) in [4.78, 5) is 22.5. The molecule has 0 aliphatic carbocycles. The van der Waals surface area contributed by atoms with Crippen LogP contribution < -0.4 is 10.6 Å². The number of para-hydroxylation sites is 1. The molecule has 1 aromatic rings. The minimum Gasteiger partial charge on any atom is -0.480 e. The molecule has 104 valence electrons. The summed E-state index contributed by atoms with van der Waals surface area (Å²) < 4.78 is 0. The third-order valence-corrected chi connectivity index (χ3v) is 2.67. The molecule has 19 heavy (non-hydrogen) atoms. The highest BCUT2D eigenvalue weighted by atomic mass is 16.4. The predicted octanol–water partition coefficient (Wildman–Crippen LogP) is 1.21. The van der Waals surface area contributed by atoms with Gasteiger partial charge in [-0.25, -0.2) is 9.59 Å². The Hall–Kier alpha value is -2.08. The van der Waals surface area contributed by atoms with E-state index in [4.69, 9.17) is 10.2 Å². The van der Waals surface area contributed by atoms with Gasteiger partial charge in [-0.15, -0.1) is 0 Å². The second-order valence-corrected chi connectivity index (χ2v) is 4.01. The minimum atomic E-state index is -1.17. The maximum absolute atomic E-state index is 11.7. The van der Waals surface area contributed by atoms with E-state index in [0.29, 0.717) is 5.69 Å². The Morgan fingerprint density at radius 2 is 2.00 bits per heavy atom. The highest BCUT2D eigenvalue weighted by molar-refractivity contribution is 5.92. The zero-order valence-electron chi connectivity index (χ0n) is 10.7. The van der Waals surface area contributed by atoms with Gasteiger partial charge in [-0.05, 0) is 18.1 Å². The fraction of sp³-hybridized carbons (Fsp3) is 0.385. The molecular formula is C13H18N2O4. The van der Waals surface area contributed by atoms with Crippen LogP contribution in [0.5, 0.6) is 0 Å². The van der Waals surface area contributed by atoms with Crippen LogP contribution in [0.2, 0.25) is 0 Å². The monoisotopic (exact) mass is 266 g/mol. The number of aliphatic hydroxyl groups is 1. The number of nitrogens with one attached hydrogen (secondary N) is 2. The van der Waals surface area contributed by atoms with Gasteiger partial charge in [0.15, 0.2) is 0 Å². The Bertz CT molecular complexity index is 448. The van der Waals surface area contributed by atoms with Crippen LogP contribution in [0.25, 0.3) is 0 Å². The number of urea groups is 1. The van der Waals surface area contributed by atoms with Gasteiger partial charge in [0.1, 0.15) is 6.04 Å². The van der Waals surface area contributed by atoms with E-state index in [0.717, 1.165) is 12.0 Å². The van der Waals surface area contributed by atoms with Crippen LogP contribution in [0.3, 0.4) is 0 Å². The van der Waals surface area contributed by atoms with Crippen molar-refractivity contribution in [3.63, 3.8) is 0 Å². The van der Waals surface area contributed by atoms with Crippen molar-refractivity contribution in [2.75, 3.05) is 11.9 Å². The van der Waals surface area contributed by atoms with Crippen LogP contribution in [-0.4, -0.2) is 34.9 Å². The molecule has 0 spiro atoms. The van der Waals surface area contributed by atoms with Crippen LogP contribution in [0.1, 0.15) is 18.9 Å². The maximum atomic E-state index is 11.7. The first-order chi connectivity index (χ1) is 9.08. The Labute approximate surface area is 111 Å². The normalized spacial score (nSPS) is 11.7. The Morgan fingerprint density at radius 3 is 2.58 bits per heavy atom. The van der Waals surface area contributed by atoms with E-state index in [1.54, 1.807) is 12.1 Å². The van der Waals surface area contributed by atoms with Crippen LogP contribution in [-0.2, 0) is 11.2 Å². The molecule has 0 aromatic heterocycles. The summed E-state index contributed by atoms with van der Waals surface area (Å²) in [6, 6.07) is 5.60. The second-order valence-electron chi connectivity index (χ2n) is 4.01. The summed E-state index contributed by atoms with van der Waals surface area (Å²) in [5.41, 5.74) is 1.61. The molecule has 1 aromatic carbocycles. The third-order valence-electron chi connectivity index (χ3n) is 2.67. The van der Waals surface area contributed by atoms with E-state index in [1.807, 2.05) is 19.1 Å². The van der Waals surface area contributed by atoms with Crippen LogP contribution in [0, 0.1) is 0 Å². The second kappa shape index (κ2) is 7.38. The first kappa shape index (κ1) is 15.0. The predicted molar refractivity (Wildman–Crippen MR) is 71.1 cm³/mol. The number of carbonyl (C=O) groups excluding carboxylic acids is 1. The molecule has 0 saturated carbocycles. The lowest BCUT2D eigenvalue weighted by atomic mass is 10.1. The van der Waals surface area contributed by atoms with Crippen molar-refractivity contribution in [1.29, 1.82) is 0 Å².